The molecular weight excluding hydrogens is 272 g/mol. The van der Waals surface area contributed by atoms with Crippen molar-refractivity contribution in [2.75, 3.05) is 19.1 Å². The maximum Gasteiger partial charge on any atom is 0.488 e. The van der Waals surface area contributed by atoms with Crippen molar-refractivity contribution in [1.82, 2.24) is 0 Å². The van der Waals surface area contributed by atoms with Crippen LogP contribution in [0.4, 0.5) is 10.1 Å². The molecule has 0 aliphatic rings. The van der Waals surface area contributed by atoms with Gasteiger partial charge in [-0.2, -0.15) is 0 Å². The van der Waals surface area contributed by atoms with E-state index in [-0.39, 0.29) is 5.82 Å². The lowest BCUT2D eigenvalue weighted by atomic mass is 9.77. The van der Waals surface area contributed by atoms with E-state index < -0.39 is 7.12 Å². The fourth-order valence-corrected chi connectivity index (χ4v) is 2.20. The number of hydrogen-bond donors (Lipinski definition) is 2. The highest BCUT2D eigenvalue weighted by molar-refractivity contribution is 6.59. The average molecular weight is 289 g/mol. The number of methoxy groups -OCH3 is 1. The van der Waals surface area contributed by atoms with Gasteiger partial charge in [-0.15, -0.1) is 0 Å². The van der Waals surface area contributed by atoms with Crippen molar-refractivity contribution < 1.29 is 19.2 Å². The van der Waals surface area contributed by atoms with E-state index in [2.05, 4.69) is 0 Å². The van der Waals surface area contributed by atoms with Gasteiger partial charge >= 0.3 is 7.12 Å². The van der Waals surface area contributed by atoms with E-state index in [0.717, 1.165) is 0 Å². The smallest absolute Gasteiger partial charge is 0.488 e. The Hall–Kier alpha value is -2.05. The molecule has 0 aromatic heterocycles. The van der Waals surface area contributed by atoms with Crippen LogP contribution in [0, 0.1) is 5.82 Å². The van der Waals surface area contributed by atoms with Gasteiger partial charge in [0.25, 0.3) is 0 Å². The average Bonchev–Trinajstić information content (AvgIpc) is 2.47. The first-order chi connectivity index (χ1) is 10.0. The Bertz CT molecular complexity index is 622. The lowest BCUT2D eigenvalue weighted by molar-refractivity contribution is 0.413. The highest BCUT2D eigenvalue weighted by Crippen LogP contribution is 2.20. The number of hydrogen-bond acceptors (Lipinski definition) is 4. The Kier molecular flexibility index (Phi) is 4.83. The summed E-state index contributed by atoms with van der Waals surface area (Å²) in [5.41, 5.74) is 1.48. The molecule has 0 bridgehead atoms. The molecule has 2 aromatic carbocycles. The highest BCUT2D eigenvalue weighted by atomic mass is 19.1. The first-order valence-electron chi connectivity index (χ1n) is 6.51. The fourth-order valence-electron chi connectivity index (χ4n) is 2.20. The van der Waals surface area contributed by atoms with E-state index in [0.29, 0.717) is 29.0 Å². The summed E-state index contributed by atoms with van der Waals surface area (Å²) >= 11 is 0. The van der Waals surface area contributed by atoms with Crippen LogP contribution in [-0.4, -0.2) is 31.3 Å². The first kappa shape index (κ1) is 15.3. The molecule has 2 rings (SSSR count). The molecule has 0 saturated carbocycles. The maximum absolute atomic E-state index is 13.8. The van der Waals surface area contributed by atoms with Gasteiger partial charge in [-0.3, -0.25) is 0 Å². The molecule has 4 nitrogen and oxygen atoms in total. The lowest BCUT2D eigenvalue weighted by Crippen LogP contribution is -2.35. The van der Waals surface area contributed by atoms with E-state index in [1.807, 2.05) is 0 Å². The lowest BCUT2D eigenvalue weighted by Gasteiger charge is -2.22. The quantitative estimate of drug-likeness (QED) is 0.811. The predicted octanol–water partition coefficient (Wildman–Crippen LogP) is 1.15. The Balaban J connectivity index is 2.31. The van der Waals surface area contributed by atoms with Crippen LogP contribution in [0.3, 0.4) is 0 Å². The summed E-state index contributed by atoms with van der Waals surface area (Å²) in [4.78, 5) is 1.70. The number of anilines is 1. The molecule has 0 fully saturated rings. The van der Waals surface area contributed by atoms with E-state index in [1.54, 1.807) is 48.3 Å². The van der Waals surface area contributed by atoms with Crippen LogP contribution < -0.4 is 15.1 Å². The number of nitrogens with zero attached hydrogens (tertiary/aromatic N) is 1. The third-order valence-electron chi connectivity index (χ3n) is 3.30. The van der Waals surface area contributed by atoms with Crippen molar-refractivity contribution in [3.8, 4) is 5.75 Å². The monoisotopic (exact) mass is 289 g/mol. The second-order valence-electron chi connectivity index (χ2n) is 4.75. The molecule has 0 heterocycles. The van der Waals surface area contributed by atoms with Gasteiger partial charge in [0.05, 0.1) is 12.8 Å². The molecule has 0 radical (unpaired) electrons. The van der Waals surface area contributed by atoms with Crippen molar-refractivity contribution in [3.05, 3.63) is 53.8 Å². The second-order valence-corrected chi connectivity index (χ2v) is 4.75. The van der Waals surface area contributed by atoms with Crippen molar-refractivity contribution in [2.45, 2.75) is 6.54 Å². The normalized spacial score (nSPS) is 10.3. The van der Waals surface area contributed by atoms with E-state index in [9.17, 15) is 14.4 Å². The summed E-state index contributed by atoms with van der Waals surface area (Å²) in [7, 11) is 1.69. The van der Waals surface area contributed by atoms with Crippen molar-refractivity contribution in [2.24, 2.45) is 0 Å². The number of benzene rings is 2. The van der Waals surface area contributed by atoms with Gasteiger partial charge in [0.2, 0.25) is 0 Å². The Morgan fingerprint density at radius 3 is 2.52 bits per heavy atom. The van der Waals surface area contributed by atoms with E-state index in [4.69, 9.17) is 4.74 Å². The minimum Gasteiger partial charge on any atom is -0.497 e. The summed E-state index contributed by atoms with van der Waals surface area (Å²) < 4.78 is 18.9. The summed E-state index contributed by atoms with van der Waals surface area (Å²) in [5.74, 6) is 0.283. The van der Waals surface area contributed by atoms with Gasteiger partial charge in [-0.05, 0) is 35.3 Å². The first-order valence-corrected chi connectivity index (χ1v) is 6.51. The topological polar surface area (TPSA) is 52.9 Å². The molecule has 0 saturated heterocycles. The third-order valence-corrected chi connectivity index (χ3v) is 3.30. The van der Waals surface area contributed by atoms with E-state index in [1.165, 1.54) is 13.2 Å². The zero-order valence-electron chi connectivity index (χ0n) is 12.0. The zero-order chi connectivity index (χ0) is 15.4. The van der Waals surface area contributed by atoms with Crippen molar-refractivity contribution in [3.63, 3.8) is 0 Å². The van der Waals surface area contributed by atoms with Crippen LogP contribution in [0.15, 0.2) is 42.5 Å². The molecule has 6 heteroatoms. The summed E-state index contributed by atoms with van der Waals surface area (Å²) in [6.45, 7) is 0.324. The SMILES string of the molecule is COc1ccc(B(O)O)c(CN(C)c2ccccc2F)c1. The van der Waals surface area contributed by atoms with Crippen LogP contribution >= 0.6 is 0 Å². The zero-order valence-corrected chi connectivity index (χ0v) is 12.0. The molecule has 0 aliphatic carbocycles. The minimum absolute atomic E-state index is 0.324. The molecule has 0 atom stereocenters. The molecule has 2 N–H and O–H groups in total. The summed E-state index contributed by atoms with van der Waals surface area (Å²) in [6.07, 6.45) is 0. The maximum atomic E-state index is 13.8. The van der Waals surface area contributed by atoms with Gasteiger partial charge in [-0.25, -0.2) is 4.39 Å². The van der Waals surface area contributed by atoms with Crippen LogP contribution in [0.25, 0.3) is 0 Å². The number of para-hydroxylation sites is 1. The van der Waals surface area contributed by atoms with E-state index >= 15 is 0 Å². The molecule has 21 heavy (non-hydrogen) atoms. The number of rotatable bonds is 5. The van der Waals surface area contributed by atoms with Crippen LogP contribution in [0.5, 0.6) is 5.75 Å². The van der Waals surface area contributed by atoms with Gasteiger partial charge in [0.15, 0.2) is 0 Å². The Morgan fingerprint density at radius 1 is 1.19 bits per heavy atom. The van der Waals surface area contributed by atoms with Gasteiger partial charge < -0.3 is 19.7 Å². The highest BCUT2D eigenvalue weighted by Gasteiger charge is 2.18. The largest absolute Gasteiger partial charge is 0.497 e. The number of halogens is 1. The Morgan fingerprint density at radius 2 is 1.90 bits per heavy atom. The summed E-state index contributed by atoms with van der Waals surface area (Å²) in [6, 6.07) is 11.4. The second kappa shape index (κ2) is 6.60. The molecular formula is C15H17BFNO3. The third kappa shape index (κ3) is 3.54. The van der Waals surface area contributed by atoms with Crippen LogP contribution in [-0.2, 0) is 6.54 Å². The van der Waals surface area contributed by atoms with Crippen LogP contribution in [0.1, 0.15) is 5.56 Å². The summed E-state index contributed by atoms with van der Waals surface area (Å²) in [5, 5.41) is 18.9. The Labute approximate surface area is 123 Å². The van der Waals surface area contributed by atoms with Gasteiger partial charge in [0, 0.05) is 13.6 Å². The molecule has 0 aliphatic heterocycles. The predicted molar refractivity (Wildman–Crippen MR) is 81.3 cm³/mol. The van der Waals surface area contributed by atoms with Crippen molar-refractivity contribution in [1.29, 1.82) is 0 Å². The van der Waals surface area contributed by atoms with Gasteiger partial charge in [0.1, 0.15) is 11.6 Å². The molecule has 110 valence electrons. The standard InChI is InChI=1S/C15H17BFNO3/c1-18(15-6-4-3-5-14(15)17)10-11-9-12(21-2)7-8-13(11)16(19)20/h3-9,19-20H,10H2,1-2H3. The molecule has 0 unspecified atom stereocenters. The number of ether oxygens (including phenoxy) is 1. The fraction of sp³-hybridized carbons (Fsp3) is 0.200. The minimum atomic E-state index is -1.58. The molecule has 2 aromatic rings. The van der Waals surface area contributed by atoms with Crippen molar-refractivity contribution >= 4 is 18.3 Å². The van der Waals surface area contributed by atoms with Gasteiger partial charge in [-0.1, -0.05) is 18.2 Å². The van der Waals surface area contributed by atoms with Crippen LogP contribution in [0.2, 0.25) is 0 Å². The molecule has 0 spiro atoms. The molecule has 0 amide bonds.